The Kier molecular flexibility index (Phi) is 18.8. The van der Waals surface area contributed by atoms with Gasteiger partial charge in [-0.1, -0.05) is 95.5 Å². The SMILES string of the molecule is CCCN(CCC)CCCCCCCCCCCCc1ccccc1.Cl. The van der Waals surface area contributed by atoms with Crippen LogP contribution in [0.2, 0.25) is 0 Å². The third-order valence-electron chi connectivity index (χ3n) is 5.11. The van der Waals surface area contributed by atoms with Gasteiger partial charge < -0.3 is 4.90 Å². The minimum absolute atomic E-state index is 0. The molecule has 0 radical (unpaired) electrons. The molecule has 0 aliphatic carbocycles. The molecule has 0 saturated heterocycles. The predicted molar refractivity (Wildman–Crippen MR) is 121 cm³/mol. The van der Waals surface area contributed by atoms with Crippen molar-refractivity contribution in [2.45, 2.75) is 97.3 Å². The molecule has 1 aromatic rings. The van der Waals surface area contributed by atoms with Gasteiger partial charge in [0.15, 0.2) is 0 Å². The van der Waals surface area contributed by atoms with Crippen molar-refractivity contribution < 1.29 is 0 Å². The third-order valence-corrected chi connectivity index (χ3v) is 5.11. The lowest BCUT2D eigenvalue weighted by molar-refractivity contribution is 0.267. The number of halogens is 1. The minimum Gasteiger partial charge on any atom is -0.303 e. The van der Waals surface area contributed by atoms with Gasteiger partial charge in [0.2, 0.25) is 0 Å². The van der Waals surface area contributed by atoms with Crippen molar-refractivity contribution in [3.8, 4) is 0 Å². The normalized spacial score (nSPS) is 10.9. The number of aryl methyl sites for hydroxylation is 1. The van der Waals surface area contributed by atoms with Gasteiger partial charge in [0.25, 0.3) is 0 Å². The Morgan fingerprint density at radius 2 is 1.04 bits per heavy atom. The van der Waals surface area contributed by atoms with Gasteiger partial charge >= 0.3 is 0 Å². The highest BCUT2D eigenvalue weighted by Crippen LogP contribution is 2.12. The second-order valence-corrected chi connectivity index (χ2v) is 7.61. The molecule has 152 valence electrons. The summed E-state index contributed by atoms with van der Waals surface area (Å²) in [7, 11) is 0. The Bertz CT molecular complexity index is 373. The Balaban J connectivity index is 0.00000625. The van der Waals surface area contributed by atoms with Crippen LogP contribution in [0.15, 0.2) is 30.3 Å². The van der Waals surface area contributed by atoms with E-state index in [0.29, 0.717) is 0 Å². The summed E-state index contributed by atoms with van der Waals surface area (Å²) in [6.45, 7) is 8.49. The lowest BCUT2D eigenvalue weighted by atomic mass is 10.0. The molecule has 26 heavy (non-hydrogen) atoms. The van der Waals surface area contributed by atoms with Crippen LogP contribution >= 0.6 is 12.4 Å². The smallest absolute Gasteiger partial charge is 0.00187 e. The summed E-state index contributed by atoms with van der Waals surface area (Å²) in [6.07, 6.45) is 18.1. The van der Waals surface area contributed by atoms with E-state index in [9.17, 15) is 0 Å². The molecule has 0 heterocycles. The molecule has 0 aliphatic heterocycles. The molecular weight excluding hydrogens is 338 g/mol. The van der Waals surface area contributed by atoms with Crippen molar-refractivity contribution in [2.24, 2.45) is 0 Å². The summed E-state index contributed by atoms with van der Waals surface area (Å²) in [5, 5.41) is 0. The first kappa shape index (κ1) is 25.5. The van der Waals surface area contributed by atoms with E-state index in [1.54, 1.807) is 0 Å². The molecule has 0 atom stereocenters. The molecule has 0 bridgehead atoms. The molecule has 0 aromatic heterocycles. The van der Waals surface area contributed by atoms with Crippen molar-refractivity contribution in [3.05, 3.63) is 35.9 Å². The molecule has 0 unspecified atom stereocenters. The van der Waals surface area contributed by atoms with Gasteiger partial charge in [-0.25, -0.2) is 0 Å². The van der Waals surface area contributed by atoms with Gasteiger partial charge in [-0.3, -0.25) is 0 Å². The maximum Gasteiger partial charge on any atom is -0.00187 e. The van der Waals surface area contributed by atoms with Gasteiger partial charge in [-0.2, -0.15) is 0 Å². The summed E-state index contributed by atoms with van der Waals surface area (Å²) >= 11 is 0. The van der Waals surface area contributed by atoms with E-state index in [-0.39, 0.29) is 12.4 Å². The number of rotatable bonds is 17. The fraction of sp³-hybridized carbons (Fsp3) is 0.750. The van der Waals surface area contributed by atoms with Crippen molar-refractivity contribution in [1.82, 2.24) is 4.90 Å². The fourth-order valence-electron chi connectivity index (χ4n) is 3.69. The first-order valence-electron chi connectivity index (χ1n) is 11.1. The number of unbranched alkanes of at least 4 members (excludes halogenated alkanes) is 9. The number of benzene rings is 1. The molecule has 0 N–H and O–H groups in total. The largest absolute Gasteiger partial charge is 0.303 e. The molecule has 1 rings (SSSR count). The highest BCUT2D eigenvalue weighted by atomic mass is 35.5. The van der Waals surface area contributed by atoms with E-state index in [1.807, 2.05) is 0 Å². The van der Waals surface area contributed by atoms with E-state index >= 15 is 0 Å². The van der Waals surface area contributed by atoms with Crippen molar-refractivity contribution in [2.75, 3.05) is 19.6 Å². The maximum atomic E-state index is 2.65. The zero-order valence-electron chi connectivity index (χ0n) is 17.6. The summed E-state index contributed by atoms with van der Waals surface area (Å²) < 4.78 is 0. The third kappa shape index (κ3) is 14.6. The lowest BCUT2D eigenvalue weighted by Gasteiger charge is -2.20. The summed E-state index contributed by atoms with van der Waals surface area (Å²) in [5.74, 6) is 0. The summed E-state index contributed by atoms with van der Waals surface area (Å²) in [4.78, 5) is 2.65. The van der Waals surface area contributed by atoms with Crippen molar-refractivity contribution in [1.29, 1.82) is 0 Å². The van der Waals surface area contributed by atoms with Crippen LogP contribution < -0.4 is 0 Å². The van der Waals surface area contributed by atoms with Crippen LogP contribution in [0.4, 0.5) is 0 Å². The van der Waals surface area contributed by atoms with E-state index < -0.39 is 0 Å². The first-order chi connectivity index (χ1) is 12.4. The molecule has 0 amide bonds. The van der Waals surface area contributed by atoms with E-state index in [0.717, 1.165) is 0 Å². The zero-order chi connectivity index (χ0) is 18.0. The fourth-order valence-corrected chi connectivity index (χ4v) is 3.69. The Hall–Kier alpha value is -0.530. The predicted octanol–water partition coefficient (Wildman–Crippen LogP) is 7.67. The van der Waals surface area contributed by atoms with Crippen LogP contribution in [0.1, 0.15) is 96.5 Å². The lowest BCUT2D eigenvalue weighted by Crippen LogP contribution is -2.26. The van der Waals surface area contributed by atoms with E-state index in [2.05, 4.69) is 49.1 Å². The quantitative estimate of drug-likeness (QED) is 0.250. The second-order valence-electron chi connectivity index (χ2n) is 7.61. The second kappa shape index (κ2) is 19.2. The van der Waals surface area contributed by atoms with Crippen molar-refractivity contribution in [3.63, 3.8) is 0 Å². The monoisotopic (exact) mass is 381 g/mol. The highest BCUT2D eigenvalue weighted by molar-refractivity contribution is 5.85. The van der Waals surface area contributed by atoms with Gasteiger partial charge in [0.05, 0.1) is 0 Å². The van der Waals surface area contributed by atoms with Gasteiger partial charge in [-0.05, 0) is 57.3 Å². The van der Waals surface area contributed by atoms with Gasteiger partial charge in [-0.15, -0.1) is 12.4 Å². The topological polar surface area (TPSA) is 3.24 Å². The van der Waals surface area contributed by atoms with Crippen LogP contribution in [0.3, 0.4) is 0 Å². The molecule has 0 fully saturated rings. The Morgan fingerprint density at radius 3 is 1.54 bits per heavy atom. The molecule has 1 aromatic carbocycles. The molecule has 0 aliphatic rings. The number of hydrogen-bond donors (Lipinski definition) is 0. The molecule has 2 heteroatoms. The molecule has 0 spiro atoms. The number of nitrogens with zero attached hydrogens (tertiary/aromatic N) is 1. The van der Waals surface area contributed by atoms with Crippen LogP contribution in [-0.4, -0.2) is 24.5 Å². The minimum atomic E-state index is 0. The Labute approximate surface area is 170 Å². The van der Waals surface area contributed by atoms with Gasteiger partial charge in [0.1, 0.15) is 0 Å². The van der Waals surface area contributed by atoms with Crippen molar-refractivity contribution >= 4 is 12.4 Å². The van der Waals surface area contributed by atoms with Crippen LogP contribution in [-0.2, 0) is 6.42 Å². The summed E-state index contributed by atoms with van der Waals surface area (Å²) in [5.41, 5.74) is 1.50. The van der Waals surface area contributed by atoms with Crippen LogP contribution in [0.5, 0.6) is 0 Å². The standard InChI is InChI=1S/C24H43N.ClH/c1-3-21-25(22-4-2)23-17-12-10-8-6-5-7-9-11-14-18-24-19-15-13-16-20-24;/h13,15-16,19-20H,3-12,14,17-18,21-23H2,1-2H3;1H. The molecule has 0 saturated carbocycles. The highest BCUT2D eigenvalue weighted by Gasteiger charge is 2.01. The first-order valence-corrected chi connectivity index (χ1v) is 11.1. The maximum absolute atomic E-state index is 2.65. The number of hydrogen-bond acceptors (Lipinski definition) is 1. The van der Waals surface area contributed by atoms with Gasteiger partial charge in [0, 0.05) is 0 Å². The summed E-state index contributed by atoms with van der Waals surface area (Å²) in [6, 6.07) is 10.9. The zero-order valence-corrected chi connectivity index (χ0v) is 18.4. The average Bonchev–Trinajstić information content (AvgIpc) is 2.64. The van der Waals surface area contributed by atoms with E-state index in [1.165, 1.54) is 109 Å². The van der Waals surface area contributed by atoms with E-state index in [4.69, 9.17) is 0 Å². The average molecular weight is 382 g/mol. The van der Waals surface area contributed by atoms with Crippen LogP contribution in [0.25, 0.3) is 0 Å². The Morgan fingerprint density at radius 1 is 0.577 bits per heavy atom. The van der Waals surface area contributed by atoms with Crippen LogP contribution in [0, 0.1) is 0 Å². The molecular formula is C24H44ClN. The molecule has 1 nitrogen and oxygen atoms in total.